The molecule has 4 aliphatic rings. The number of aliphatic hydroxyl groups is 4. The Morgan fingerprint density at radius 2 is 1.78 bits per heavy atom. The molecule has 1 aromatic heterocycles. The van der Waals surface area contributed by atoms with Gasteiger partial charge in [-0.3, -0.25) is 14.5 Å². The van der Waals surface area contributed by atoms with Crippen LogP contribution in [0.3, 0.4) is 0 Å². The van der Waals surface area contributed by atoms with Crippen LogP contribution in [-0.4, -0.2) is 176 Å². The number of nitrogens with zero attached hydrogens (tertiary/aromatic N) is 6. The van der Waals surface area contributed by atoms with Crippen molar-refractivity contribution in [2.45, 2.75) is 199 Å². The van der Waals surface area contributed by atoms with E-state index in [0.29, 0.717) is 50.3 Å². The summed E-state index contributed by atoms with van der Waals surface area (Å²) in [6.45, 7) is 25.4. The van der Waals surface area contributed by atoms with Gasteiger partial charge in [0, 0.05) is 88.7 Å². The van der Waals surface area contributed by atoms with E-state index in [9.17, 15) is 34.4 Å². The van der Waals surface area contributed by atoms with Gasteiger partial charge in [0.25, 0.3) is 0 Å². The van der Waals surface area contributed by atoms with Crippen molar-refractivity contribution in [2.75, 3.05) is 52.4 Å². The quantitative estimate of drug-likeness (QED) is 0.185. The average Bonchev–Trinajstić information content (AvgIpc) is 3.99. The highest BCUT2D eigenvalue weighted by Gasteiger charge is 2.55. The summed E-state index contributed by atoms with van der Waals surface area (Å²) >= 11 is 0. The number of carbonyl (C=O) groups is 2. The molecule has 3 saturated heterocycles. The molecule has 18 atom stereocenters. The number of alkyl halides is 1. The largest absolute Gasteiger partial charge is 0.467 e. The van der Waals surface area contributed by atoms with E-state index in [1.165, 1.54) is 0 Å². The number of fused-ring (bicyclic) bond motifs is 1. The third-order valence-corrected chi connectivity index (χ3v) is 17.6. The van der Waals surface area contributed by atoms with Crippen molar-refractivity contribution < 1.29 is 58.1 Å². The summed E-state index contributed by atoms with van der Waals surface area (Å²) in [5.41, 5.74) is -0.448. The average molecular weight is 1030 g/mol. The van der Waals surface area contributed by atoms with Gasteiger partial charge in [0.1, 0.15) is 30.6 Å². The number of benzene rings is 1. The van der Waals surface area contributed by atoms with E-state index >= 15 is 0 Å². The maximum Gasteiger partial charge on any atom is 0.309 e. The van der Waals surface area contributed by atoms with Crippen molar-refractivity contribution in [3.8, 4) is 0 Å². The highest BCUT2D eigenvalue weighted by atomic mass is 19.1. The van der Waals surface area contributed by atoms with Crippen LogP contribution < -0.4 is 4.90 Å². The van der Waals surface area contributed by atoms with Gasteiger partial charge < -0.3 is 53.9 Å². The Labute approximate surface area is 433 Å². The number of halogens is 1. The smallest absolute Gasteiger partial charge is 0.309 e. The predicted octanol–water partition coefficient (Wildman–Crippen LogP) is 5.44. The number of aliphatic hydroxyl groups excluding tert-OH is 2. The van der Waals surface area contributed by atoms with Gasteiger partial charge in [0.15, 0.2) is 0 Å². The van der Waals surface area contributed by atoms with Crippen molar-refractivity contribution >= 4 is 17.6 Å². The number of esters is 1. The topological polar surface area (TPSA) is 202 Å². The Balaban J connectivity index is 1.26. The molecule has 0 spiro atoms. The SMILES string of the molecule is C=C1C[C@H](N(C)CCc2cn(C(CF)Cc3ccc4c(c3)CCN4C(C)=O)nn2)C(O)[C@H](O[C@@H]2[C@@H](C)[C@H](C3C[C@@](C)(OC)[C@@H](O)[C@H](C)O3)[C@@H](C)C(=O)O[C@H](CC)[C@@](C)(O)C(C)[C@@H](C)N(C)C[C@H](C)C[C@@]2(C)O)O1. The van der Waals surface area contributed by atoms with E-state index in [0.717, 1.165) is 23.2 Å². The Hall–Kier alpha value is -3.59. The zero-order valence-electron chi connectivity index (χ0n) is 46.2. The first-order chi connectivity index (χ1) is 34.2. The van der Waals surface area contributed by atoms with Crippen LogP contribution in [0, 0.1) is 29.6 Å². The highest BCUT2D eigenvalue weighted by Crippen LogP contribution is 2.45. The maximum absolute atomic E-state index is 14.7. The fourth-order valence-electron chi connectivity index (χ4n) is 12.7. The van der Waals surface area contributed by atoms with E-state index < -0.39 is 102 Å². The van der Waals surface area contributed by atoms with Crippen LogP contribution in [0.2, 0.25) is 0 Å². The molecule has 4 N–H and O–H groups in total. The lowest BCUT2D eigenvalue weighted by atomic mass is 9.68. The normalized spacial score (nSPS) is 38.8. The number of ether oxygens (including phenoxy) is 5. The van der Waals surface area contributed by atoms with Gasteiger partial charge in [-0.15, -0.1) is 5.10 Å². The molecule has 1 aromatic carbocycles. The molecule has 3 fully saturated rings. The van der Waals surface area contributed by atoms with Crippen LogP contribution >= 0.6 is 0 Å². The van der Waals surface area contributed by atoms with Crippen molar-refractivity contribution in [3.05, 3.63) is 53.6 Å². The Morgan fingerprint density at radius 1 is 1.08 bits per heavy atom. The number of amides is 1. The minimum atomic E-state index is -1.58. The summed E-state index contributed by atoms with van der Waals surface area (Å²) in [6, 6.07) is 4.66. The number of aromatic nitrogens is 3. The first kappa shape index (κ1) is 58.7. The maximum atomic E-state index is 14.7. The number of anilines is 1. The summed E-state index contributed by atoms with van der Waals surface area (Å²) in [5, 5.41) is 57.5. The molecule has 73 heavy (non-hydrogen) atoms. The molecule has 0 radical (unpaired) electrons. The monoisotopic (exact) mass is 1030 g/mol. The van der Waals surface area contributed by atoms with Gasteiger partial charge in [-0.05, 0) is 103 Å². The van der Waals surface area contributed by atoms with E-state index in [1.807, 2.05) is 71.8 Å². The number of cyclic esters (lactones) is 1. The predicted molar refractivity (Wildman–Crippen MR) is 275 cm³/mol. The van der Waals surface area contributed by atoms with Crippen molar-refractivity contribution in [1.82, 2.24) is 24.8 Å². The van der Waals surface area contributed by atoms with Crippen LogP contribution in [0.4, 0.5) is 10.1 Å². The van der Waals surface area contributed by atoms with E-state index in [-0.39, 0.29) is 43.0 Å². The van der Waals surface area contributed by atoms with Crippen molar-refractivity contribution in [1.29, 1.82) is 0 Å². The lowest BCUT2D eigenvalue weighted by Crippen LogP contribution is -2.61. The number of rotatable bonds is 13. The van der Waals surface area contributed by atoms with Crippen LogP contribution in [0.15, 0.2) is 36.7 Å². The molecule has 1 amide bonds. The summed E-state index contributed by atoms with van der Waals surface area (Å²) in [7, 11) is 5.42. The zero-order valence-corrected chi connectivity index (χ0v) is 46.2. The lowest BCUT2D eigenvalue weighted by molar-refractivity contribution is -0.279. The summed E-state index contributed by atoms with van der Waals surface area (Å²) in [4.78, 5) is 32.7. The standard InChI is InChI=1S/C55H89FN6O11/c1-16-46-55(12,68)35(6)36(7)60(14)29-31(2)26-53(10,67)50(33(4)47(34(5)51(66)72-46)45-27-54(11,69-15)49(65)37(8)71-45)73-52-48(64)44(23-32(3)70-52)59(13)21-20-41-30-62(58-57-41)42(28-56)25-39-17-18-43-40(24-39)19-22-61(43)38(9)63/h17-18,24,30-31,33-37,42,44-50,52,64-65,67-68H,3,16,19-23,25-29H2,1-2,4-15H3/t31-,33+,34-,35?,36-,37+,42?,44+,45?,46-,47+,48?,49+,50-,52+,53-,54-,55+/m1/s1. The number of methoxy groups -OCH3 is 1. The van der Waals surface area contributed by atoms with E-state index in [2.05, 4.69) is 28.7 Å². The summed E-state index contributed by atoms with van der Waals surface area (Å²) in [5.74, 6) is -2.86. The van der Waals surface area contributed by atoms with Crippen LogP contribution in [-0.2, 0) is 52.5 Å². The molecular formula is C55H89FN6O11. The molecule has 17 nitrogen and oxygen atoms in total. The molecule has 4 unspecified atom stereocenters. The lowest BCUT2D eigenvalue weighted by Gasteiger charge is -2.51. The minimum Gasteiger partial charge on any atom is -0.467 e. The van der Waals surface area contributed by atoms with Crippen LogP contribution in [0.5, 0.6) is 0 Å². The Bertz CT molecular complexity index is 2190. The third-order valence-electron chi connectivity index (χ3n) is 17.6. The van der Waals surface area contributed by atoms with Gasteiger partial charge in [-0.1, -0.05) is 58.5 Å². The fourth-order valence-corrected chi connectivity index (χ4v) is 12.7. The van der Waals surface area contributed by atoms with Gasteiger partial charge in [-0.25, -0.2) is 9.07 Å². The molecule has 6 rings (SSSR count). The highest BCUT2D eigenvalue weighted by molar-refractivity contribution is 5.93. The zero-order chi connectivity index (χ0) is 54.1. The molecule has 18 heteroatoms. The van der Waals surface area contributed by atoms with Crippen LogP contribution in [0.1, 0.15) is 125 Å². The summed E-state index contributed by atoms with van der Waals surface area (Å²) in [6.07, 6.45) is -2.33. The van der Waals surface area contributed by atoms with E-state index in [4.69, 9.17) is 23.7 Å². The number of likely N-dealkylation sites (N-methyl/N-ethyl adjacent to an activating group) is 1. The molecule has 5 heterocycles. The summed E-state index contributed by atoms with van der Waals surface area (Å²) < 4.78 is 48.4. The molecule has 412 valence electrons. The minimum absolute atomic E-state index is 0.000686. The fraction of sp³-hybridized carbons (Fsp3) is 0.782. The van der Waals surface area contributed by atoms with Gasteiger partial charge in [0.05, 0.1) is 52.9 Å². The molecule has 4 aliphatic heterocycles. The molecule has 0 saturated carbocycles. The molecular weight excluding hydrogens is 940 g/mol. The first-order valence-corrected chi connectivity index (χ1v) is 26.7. The second kappa shape index (κ2) is 23.7. The first-order valence-electron chi connectivity index (χ1n) is 26.7. The van der Waals surface area contributed by atoms with Crippen molar-refractivity contribution in [3.63, 3.8) is 0 Å². The van der Waals surface area contributed by atoms with Crippen molar-refractivity contribution in [2.24, 2.45) is 29.6 Å². The molecule has 0 bridgehead atoms. The third kappa shape index (κ3) is 12.8. The second-order valence-corrected chi connectivity index (χ2v) is 23.1. The second-order valence-electron chi connectivity index (χ2n) is 23.1. The molecule has 2 aromatic rings. The number of carbonyl (C=O) groups excluding carboxylic acids is 2. The Morgan fingerprint density at radius 3 is 2.42 bits per heavy atom. The van der Waals surface area contributed by atoms with E-state index in [1.54, 1.807) is 57.5 Å². The number of hydrogen-bond donors (Lipinski definition) is 4. The van der Waals surface area contributed by atoms with Gasteiger partial charge >= 0.3 is 5.97 Å². The van der Waals surface area contributed by atoms with Crippen LogP contribution in [0.25, 0.3) is 0 Å². The van der Waals surface area contributed by atoms with Gasteiger partial charge in [-0.2, -0.15) is 0 Å². The molecule has 0 aliphatic carbocycles. The van der Waals surface area contributed by atoms with Gasteiger partial charge in [0.2, 0.25) is 12.2 Å². The number of hydrogen-bond acceptors (Lipinski definition) is 15. The Kier molecular flexibility index (Phi) is 19.1.